The van der Waals surface area contributed by atoms with E-state index in [9.17, 15) is 0 Å². The van der Waals surface area contributed by atoms with Crippen molar-refractivity contribution in [1.29, 1.82) is 0 Å². The van der Waals surface area contributed by atoms with Crippen molar-refractivity contribution >= 4 is 0 Å². The summed E-state index contributed by atoms with van der Waals surface area (Å²) in [5.41, 5.74) is 2.79. The highest BCUT2D eigenvalue weighted by atomic mass is 14.0. The van der Waals surface area contributed by atoms with Crippen molar-refractivity contribution in [2.24, 2.45) is 0 Å². The monoisotopic (exact) mass is 150 g/mol. The molecule has 0 saturated heterocycles. The van der Waals surface area contributed by atoms with Gasteiger partial charge in [-0.3, -0.25) is 0 Å². The normalized spacial score (nSPS) is 13.4. The molecule has 0 nitrogen and oxygen atoms in total. The zero-order chi connectivity index (χ0) is 8.69. The molecule has 0 aromatic heterocycles. The van der Waals surface area contributed by atoms with Crippen LogP contribution in [-0.4, -0.2) is 0 Å². The second kappa shape index (κ2) is 5.96. The lowest BCUT2D eigenvalue weighted by atomic mass is 10.1. The highest BCUT2D eigenvalue weighted by Crippen LogP contribution is 2.11. The second-order valence-electron chi connectivity index (χ2n) is 2.70. The Balaban J connectivity index is 3.78. The molecule has 0 amide bonds. The molecular weight excluding hydrogens is 132 g/mol. The summed E-state index contributed by atoms with van der Waals surface area (Å²) in [5.74, 6) is 0. The van der Waals surface area contributed by atoms with E-state index in [1.54, 1.807) is 0 Å². The largest absolute Gasteiger partial charge is 0.0988 e. The SMILES string of the molecule is C=C/C(=C\C)CC/C(C)=C/C. The molecule has 0 aliphatic heterocycles. The topological polar surface area (TPSA) is 0 Å². The lowest BCUT2D eigenvalue weighted by Gasteiger charge is -2.00. The fourth-order valence-corrected chi connectivity index (χ4v) is 0.850. The van der Waals surface area contributed by atoms with Crippen LogP contribution in [0.25, 0.3) is 0 Å². The van der Waals surface area contributed by atoms with Gasteiger partial charge >= 0.3 is 0 Å². The molecule has 0 heteroatoms. The molecule has 0 atom stereocenters. The number of rotatable bonds is 4. The van der Waals surface area contributed by atoms with Gasteiger partial charge in [0.05, 0.1) is 0 Å². The van der Waals surface area contributed by atoms with Crippen molar-refractivity contribution in [3.63, 3.8) is 0 Å². The summed E-state index contributed by atoms with van der Waals surface area (Å²) in [4.78, 5) is 0. The predicted molar refractivity (Wildman–Crippen MR) is 52.6 cm³/mol. The number of hydrogen-bond acceptors (Lipinski definition) is 0. The van der Waals surface area contributed by atoms with Gasteiger partial charge in [0.2, 0.25) is 0 Å². The maximum atomic E-state index is 3.75. The second-order valence-corrected chi connectivity index (χ2v) is 2.70. The van der Waals surface area contributed by atoms with Gasteiger partial charge in [-0.1, -0.05) is 36.0 Å². The quantitative estimate of drug-likeness (QED) is 0.421. The van der Waals surface area contributed by atoms with Gasteiger partial charge in [0.1, 0.15) is 0 Å². The Morgan fingerprint density at radius 3 is 2.18 bits per heavy atom. The Hall–Kier alpha value is -0.780. The Bertz CT molecular complexity index is 170. The maximum absolute atomic E-state index is 3.75. The van der Waals surface area contributed by atoms with Crippen LogP contribution in [0.4, 0.5) is 0 Å². The Kier molecular flexibility index (Phi) is 5.54. The first kappa shape index (κ1) is 10.2. The molecule has 0 bridgehead atoms. The Labute approximate surface area is 70.3 Å². The highest BCUT2D eigenvalue weighted by Gasteiger charge is 1.91. The van der Waals surface area contributed by atoms with E-state index in [2.05, 4.69) is 39.5 Å². The molecule has 0 aromatic rings. The van der Waals surface area contributed by atoms with Gasteiger partial charge in [0, 0.05) is 0 Å². The predicted octanol–water partition coefficient (Wildman–Crippen LogP) is 3.87. The maximum Gasteiger partial charge on any atom is -0.0245 e. The molecule has 0 heterocycles. The molecule has 0 unspecified atom stereocenters. The summed E-state index contributed by atoms with van der Waals surface area (Å²) in [6.07, 6.45) is 8.49. The smallest absolute Gasteiger partial charge is 0.0245 e. The molecular formula is C11H18. The fourth-order valence-electron chi connectivity index (χ4n) is 0.850. The van der Waals surface area contributed by atoms with Crippen LogP contribution in [0.3, 0.4) is 0 Å². The zero-order valence-corrected chi connectivity index (χ0v) is 7.85. The van der Waals surface area contributed by atoms with Crippen molar-refractivity contribution in [2.45, 2.75) is 33.6 Å². The van der Waals surface area contributed by atoms with Crippen LogP contribution in [0.15, 0.2) is 36.0 Å². The zero-order valence-electron chi connectivity index (χ0n) is 7.85. The summed E-state index contributed by atoms with van der Waals surface area (Å²) in [6, 6.07) is 0. The van der Waals surface area contributed by atoms with Gasteiger partial charge in [-0.25, -0.2) is 0 Å². The average Bonchev–Trinajstić information content (AvgIpc) is 2.06. The number of allylic oxidation sites excluding steroid dienone is 5. The van der Waals surface area contributed by atoms with E-state index in [0.29, 0.717) is 0 Å². The van der Waals surface area contributed by atoms with Crippen molar-refractivity contribution < 1.29 is 0 Å². The van der Waals surface area contributed by atoms with E-state index >= 15 is 0 Å². The fraction of sp³-hybridized carbons (Fsp3) is 0.455. The van der Waals surface area contributed by atoms with Crippen LogP contribution in [0.2, 0.25) is 0 Å². The first-order chi connectivity index (χ1) is 5.24. The number of hydrogen-bond donors (Lipinski definition) is 0. The van der Waals surface area contributed by atoms with Gasteiger partial charge in [-0.15, -0.1) is 0 Å². The van der Waals surface area contributed by atoms with Gasteiger partial charge in [-0.2, -0.15) is 0 Å². The average molecular weight is 150 g/mol. The third kappa shape index (κ3) is 4.60. The molecule has 0 N–H and O–H groups in total. The van der Waals surface area contributed by atoms with Gasteiger partial charge < -0.3 is 0 Å². The van der Waals surface area contributed by atoms with Gasteiger partial charge in [0.15, 0.2) is 0 Å². The van der Waals surface area contributed by atoms with Crippen molar-refractivity contribution in [3.05, 3.63) is 36.0 Å². The van der Waals surface area contributed by atoms with Crippen LogP contribution in [0.5, 0.6) is 0 Å². The van der Waals surface area contributed by atoms with E-state index < -0.39 is 0 Å². The van der Waals surface area contributed by atoms with E-state index in [1.807, 2.05) is 6.08 Å². The third-order valence-electron chi connectivity index (χ3n) is 1.93. The summed E-state index contributed by atoms with van der Waals surface area (Å²) < 4.78 is 0. The Morgan fingerprint density at radius 2 is 1.82 bits per heavy atom. The van der Waals surface area contributed by atoms with Crippen LogP contribution in [-0.2, 0) is 0 Å². The molecule has 0 spiro atoms. The molecule has 62 valence electrons. The van der Waals surface area contributed by atoms with Crippen molar-refractivity contribution in [1.82, 2.24) is 0 Å². The standard InChI is InChI=1S/C11H18/c1-5-10(4)8-9-11(6-2)7-3/h5-7H,2,8-9H2,1,3-4H3/b10-5+,11-7+. The minimum absolute atomic E-state index is 1.12. The Morgan fingerprint density at radius 1 is 1.18 bits per heavy atom. The van der Waals surface area contributed by atoms with Crippen molar-refractivity contribution in [3.8, 4) is 0 Å². The van der Waals surface area contributed by atoms with E-state index in [4.69, 9.17) is 0 Å². The van der Waals surface area contributed by atoms with Gasteiger partial charge in [-0.05, 0) is 33.6 Å². The lowest BCUT2D eigenvalue weighted by molar-refractivity contribution is 0.941. The first-order valence-corrected chi connectivity index (χ1v) is 4.14. The van der Waals surface area contributed by atoms with E-state index in [1.165, 1.54) is 11.1 Å². The summed E-state index contributed by atoms with van der Waals surface area (Å²) >= 11 is 0. The van der Waals surface area contributed by atoms with E-state index in [-0.39, 0.29) is 0 Å². The molecule has 0 aromatic carbocycles. The molecule has 0 aliphatic carbocycles. The van der Waals surface area contributed by atoms with Crippen LogP contribution >= 0.6 is 0 Å². The van der Waals surface area contributed by atoms with E-state index in [0.717, 1.165) is 12.8 Å². The molecule has 0 fully saturated rings. The molecule has 0 rings (SSSR count). The first-order valence-electron chi connectivity index (χ1n) is 4.14. The van der Waals surface area contributed by atoms with Crippen LogP contribution in [0, 0.1) is 0 Å². The van der Waals surface area contributed by atoms with Crippen LogP contribution < -0.4 is 0 Å². The lowest BCUT2D eigenvalue weighted by Crippen LogP contribution is -1.80. The molecule has 0 aliphatic rings. The summed E-state index contributed by atoms with van der Waals surface area (Å²) in [5, 5.41) is 0. The minimum atomic E-state index is 1.12. The minimum Gasteiger partial charge on any atom is -0.0988 e. The molecule has 0 saturated carbocycles. The van der Waals surface area contributed by atoms with Crippen LogP contribution in [0.1, 0.15) is 33.6 Å². The highest BCUT2D eigenvalue weighted by molar-refractivity contribution is 5.16. The molecule has 11 heavy (non-hydrogen) atoms. The summed E-state index contributed by atoms with van der Waals surface area (Å²) in [7, 11) is 0. The van der Waals surface area contributed by atoms with Crippen molar-refractivity contribution in [2.75, 3.05) is 0 Å². The molecule has 0 radical (unpaired) electrons. The third-order valence-corrected chi connectivity index (χ3v) is 1.93. The van der Waals surface area contributed by atoms with Gasteiger partial charge in [0.25, 0.3) is 0 Å². The summed E-state index contributed by atoms with van der Waals surface area (Å²) in [6.45, 7) is 10.1.